The molecule has 0 N–H and O–H groups in total. The summed E-state index contributed by atoms with van der Waals surface area (Å²) in [7, 11) is -3.06. The molecule has 2 atom stereocenters. The Labute approximate surface area is 139 Å². The van der Waals surface area contributed by atoms with Gasteiger partial charge in [-0.25, -0.2) is 8.42 Å². The van der Waals surface area contributed by atoms with Crippen LogP contribution < -0.4 is 4.90 Å². The number of aliphatic imine (C=N–C) groups is 1. The lowest BCUT2D eigenvalue weighted by Gasteiger charge is -2.26. The molecule has 1 saturated heterocycles. The Morgan fingerprint density at radius 3 is 2.78 bits per heavy atom. The third kappa shape index (κ3) is 3.53. The molecule has 8 heteroatoms. The van der Waals surface area contributed by atoms with E-state index in [9.17, 15) is 13.2 Å². The van der Waals surface area contributed by atoms with E-state index in [2.05, 4.69) is 4.99 Å². The summed E-state index contributed by atoms with van der Waals surface area (Å²) in [6.45, 7) is 2.11. The van der Waals surface area contributed by atoms with Crippen LogP contribution in [-0.4, -0.2) is 55.5 Å². The zero-order valence-electron chi connectivity index (χ0n) is 12.7. The third-order valence-electron chi connectivity index (χ3n) is 3.77. The van der Waals surface area contributed by atoms with Crippen molar-refractivity contribution >= 4 is 38.4 Å². The number of carbonyl (C=O) groups excluding carboxylic acids is 1. The van der Waals surface area contributed by atoms with Crippen molar-refractivity contribution in [1.29, 1.82) is 0 Å². The number of carbonyl (C=O) groups is 1. The molecule has 0 bridgehead atoms. The van der Waals surface area contributed by atoms with Crippen molar-refractivity contribution in [1.82, 2.24) is 0 Å². The van der Waals surface area contributed by atoms with Gasteiger partial charge in [0.1, 0.15) is 0 Å². The number of hydrogen-bond donors (Lipinski definition) is 0. The largest absolute Gasteiger partial charge is 0.465 e. The molecule has 0 amide bonds. The summed E-state index contributed by atoms with van der Waals surface area (Å²) in [6, 6.07) is 9.11. The number of anilines is 1. The summed E-state index contributed by atoms with van der Waals surface area (Å²) in [5.74, 6) is 0.0459. The number of hydrogen-bond acceptors (Lipinski definition) is 7. The molecule has 124 valence electrons. The van der Waals surface area contributed by atoms with Crippen molar-refractivity contribution < 1.29 is 17.9 Å². The summed E-state index contributed by atoms with van der Waals surface area (Å²) in [4.78, 5) is 18.1. The fourth-order valence-corrected chi connectivity index (χ4v) is 5.61. The summed E-state index contributed by atoms with van der Waals surface area (Å²) in [5.41, 5.74) is 0.896. The van der Waals surface area contributed by atoms with E-state index in [0.717, 1.165) is 5.69 Å². The van der Waals surface area contributed by atoms with Crippen LogP contribution in [0.1, 0.15) is 6.92 Å². The zero-order valence-corrected chi connectivity index (χ0v) is 14.3. The second kappa shape index (κ2) is 6.52. The van der Waals surface area contributed by atoms with Crippen LogP contribution in [0.3, 0.4) is 0 Å². The van der Waals surface area contributed by atoms with Crippen LogP contribution in [0.2, 0.25) is 0 Å². The molecule has 23 heavy (non-hydrogen) atoms. The molecule has 6 nitrogen and oxygen atoms in total. The van der Waals surface area contributed by atoms with Crippen molar-refractivity contribution in [3.05, 3.63) is 30.3 Å². The smallest absolute Gasteiger partial charge is 0.316 e. The summed E-state index contributed by atoms with van der Waals surface area (Å²) in [5, 5.41) is 0.689. The van der Waals surface area contributed by atoms with Gasteiger partial charge in [-0.2, -0.15) is 0 Å². The highest BCUT2D eigenvalue weighted by atomic mass is 32.2. The van der Waals surface area contributed by atoms with Crippen molar-refractivity contribution in [2.24, 2.45) is 4.99 Å². The van der Waals surface area contributed by atoms with Crippen LogP contribution in [0.15, 0.2) is 35.3 Å². The van der Waals surface area contributed by atoms with Gasteiger partial charge in [0.05, 0.1) is 35.9 Å². The minimum atomic E-state index is -3.06. The average molecular weight is 354 g/mol. The summed E-state index contributed by atoms with van der Waals surface area (Å²) in [6.07, 6.45) is 0. The Morgan fingerprint density at radius 2 is 2.09 bits per heavy atom. The molecule has 0 saturated carbocycles. The minimum Gasteiger partial charge on any atom is -0.465 e. The minimum absolute atomic E-state index is 0.0739. The van der Waals surface area contributed by atoms with Crippen molar-refractivity contribution in [3.63, 3.8) is 0 Å². The number of ether oxygens (including phenoxy) is 1. The van der Waals surface area contributed by atoms with Gasteiger partial charge in [0, 0.05) is 5.69 Å². The Balaban J connectivity index is 1.83. The number of esters is 1. The van der Waals surface area contributed by atoms with Gasteiger partial charge >= 0.3 is 5.97 Å². The maximum atomic E-state index is 11.9. The van der Waals surface area contributed by atoms with E-state index in [1.807, 2.05) is 35.2 Å². The molecular formula is C15H18N2O4S2. The van der Waals surface area contributed by atoms with Gasteiger partial charge in [-0.05, 0) is 19.1 Å². The molecule has 2 unspecified atom stereocenters. The maximum absolute atomic E-state index is 11.9. The number of amidine groups is 1. The van der Waals surface area contributed by atoms with E-state index in [1.165, 1.54) is 11.8 Å². The number of benzene rings is 1. The predicted molar refractivity (Wildman–Crippen MR) is 91.7 cm³/mol. The number of fused-ring (bicyclic) bond motifs is 1. The first-order valence-corrected chi connectivity index (χ1v) is 10.2. The Kier molecular flexibility index (Phi) is 4.63. The normalized spacial score (nSPS) is 25.1. The highest BCUT2D eigenvalue weighted by Gasteiger charge is 2.47. The van der Waals surface area contributed by atoms with Crippen LogP contribution in [0.4, 0.5) is 5.69 Å². The number of nitrogens with zero attached hydrogens (tertiary/aromatic N) is 2. The standard InChI is InChI=1S/C15H18N2O4S2/c1-2-21-14(18)8-22-15-16-12-9-23(19,20)10-13(12)17(15)11-6-4-3-5-7-11/h3-7,12-13H,2,8-10H2,1H3. The Morgan fingerprint density at radius 1 is 1.35 bits per heavy atom. The topological polar surface area (TPSA) is 76.0 Å². The van der Waals surface area contributed by atoms with Crippen LogP contribution in [0.25, 0.3) is 0 Å². The second-order valence-electron chi connectivity index (χ2n) is 5.42. The molecule has 0 aliphatic carbocycles. The van der Waals surface area contributed by atoms with Gasteiger partial charge in [0.2, 0.25) is 0 Å². The molecule has 0 aromatic heterocycles. The lowest BCUT2D eigenvalue weighted by Crippen LogP contribution is -2.39. The monoisotopic (exact) mass is 354 g/mol. The van der Waals surface area contributed by atoms with Crippen LogP contribution in [0.5, 0.6) is 0 Å². The van der Waals surface area contributed by atoms with E-state index in [-0.39, 0.29) is 35.3 Å². The summed E-state index contributed by atoms with van der Waals surface area (Å²) >= 11 is 1.30. The van der Waals surface area contributed by atoms with Crippen LogP contribution in [0, 0.1) is 0 Å². The molecular weight excluding hydrogens is 336 g/mol. The summed E-state index contributed by atoms with van der Waals surface area (Å²) < 4.78 is 28.7. The lowest BCUT2D eigenvalue weighted by atomic mass is 10.1. The first kappa shape index (κ1) is 16.3. The van der Waals surface area contributed by atoms with Crippen molar-refractivity contribution in [2.75, 3.05) is 28.8 Å². The third-order valence-corrected chi connectivity index (χ3v) is 6.41. The SMILES string of the molecule is CCOC(=O)CSC1=NC2CS(=O)(=O)CC2N1c1ccccc1. The molecule has 0 spiro atoms. The molecule has 2 heterocycles. The van der Waals surface area contributed by atoms with Gasteiger partial charge in [-0.15, -0.1) is 0 Å². The van der Waals surface area contributed by atoms with Gasteiger partial charge in [0.15, 0.2) is 15.0 Å². The molecule has 2 aliphatic heterocycles. The maximum Gasteiger partial charge on any atom is 0.316 e. The van der Waals surface area contributed by atoms with E-state index in [4.69, 9.17) is 4.74 Å². The van der Waals surface area contributed by atoms with E-state index >= 15 is 0 Å². The highest BCUT2D eigenvalue weighted by molar-refractivity contribution is 8.14. The molecule has 2 aliphatic rings. The first-order valence-electron chi connectivity index (χ1n) is 7.41. The fourth-order valence-electron chi connectivity index (χ4n) is 2.85. The quantitative estimate of drug-likeness (QED) is 0.759. The predicted octanol–water partition coefficient (Wildman–Crippen LogP) is 1.32. The number of para-hydroxylation sites is 1. The van der Waals surface area contributed by atoms with Gasteiger partial charge in [-0.1, -0.05) is 30.0 Å². The molecule has 3 rings (SSSR count). The Bertz CT molecular complexity index is 718. The molecule has 0 radical (unpaired) electrons. The molecule has 1 fully saturated rings. The average Bonchev–Trinajstić information content (AvgIpc) is 2.97. The first-order chi connectivity index (χ1) is 11.0. The molecule has 1 aromatic carbocycles. The van der Waals surface area contributed by atoms with E-state index < -0.39 is 9.84 Å². The number of sulfone groups is 1. The number of rotatable bonds is 4. The van der Waals surface area contributed by atoms with E-state index in [1.54, 1.807) is 6.92 Å². The van der Waals surface area contributed by atoms with Gasteiger partial charge < -0.3 is 9.64 Å². The van der Waals surface area contributed by atoms with Crippen LogP contribution in [-0.2, 0) is 19.4 Å². The van der Waals surface area contributed by atoms with Crippen molar-refractivity contribution in [2.45, 2.75) is 19.0 Å². The highest BCUT2D eigenvalue weighted by Crippen LogP contribution is 2.34. The van der Waals surface area contributed by atoms with Crippen molar-refractivity contribution in [3.8, 4) is 0 Å². The fraction of sp³-hybridized carbons (Fsp3) is 0.467. The second-order valence-corrected chi connectivity index (χ2v) is 8.52. The lowest BCUT2D eigenvalue weighted by molar-refractivity contribution is -0.139. The van der Waals surface area contributed by atoms with Gasteiger partial charge in [0.25, 0.3) is 0 Å². The van der Waals surface area contributed by atoms with Crippen LogP contribution >= 0.6 is 11.8 Å². The molecule has 1 aromatic rings. The number of thioether (sulfide) groups is 1. The Hall–Kier alpha value is -1.54. The van der Waals surface area contributed by atoms with Gasteiger partial charge in [-0.3, -0.25) is 9.79 Å². The van der Waals surface area contributed by atoms with E-state index in [0.29, 0.717) is 11.8 Å². The zero-order chi connectivity index (χ0) is 16.4.